The van der Waals surface area contributed by atoms with E-state index in [9.17, 15) is 4.79 Å². The highest BCUT2D eigenvalue weighted by atomic mass is 32.1. The number of thiazole rings is 1. The molecule has 1 aliphatic rings. The third-order valence-electron chi connectivity index (χ3n) is 2.93. The Kier molecular flexibility index (Phi) is 4.19. The van der Waals surface area contributed by atoms with Gasteiger partial charge in [-0.05, 0) is 19.8 Å². The van der Waals surface area contributed by atoms with Crippen LogP contribution < -0.4 is 4.90 Å². The van der Waals surface area contributed by atoms with Gasteiger partial charge in [0, 0.05) is 19.7 Å². The van der Waals surface area contributed by atoms with Crippen LogP contribution >= 0.6 is 11.3 Å². The van der Waals surface area contributed by atoms with Crippen LogP contribution in [0.25, 0.3) is 0 Å². The van der Waals surface area contributed by atoms with Gasteiger partial charge in [0.1, 0.15) is 4.88 Å². The van der Waals surface area contributed by atoms with Crippen LogP contribution in [0.1, 0.15) is 28.2 Å². The van der Waals surface area contributed by atoms with Crippen LogP contribution in [0.4, 0.5) is 5.13 Å². The number of nitrogens with zero attached hydrogens (tertiary/aromatic N) is 2. The van der Waals surface area contributed by atoms with Crippen molar-refractivity contribution in [3.63, 3.8) is 0 Å². The third kappa shape index (κ3) is 2.81. The van der Waals surface area contributed by atoms with E-state index < -0.39 is 0 Å². The van der Waals surface area contributed by atoms with Gasteiger partial charge in [0.2, 0.25) is 0 Å². The minimum Gasteiger partial charge on any atom is -0.465 e. The number of hydrogen-bond donors (Lipinski definition) is 0. The van der Waals surface area contributed by atoms with Crippen molar-refractivity contribution in [3.05, 3.63) is 10.6 Å². The maximum absolute atomic E-state index is 11.6. The van der Waals surface area contributed by atoms with E-state index in [1.807, 2.05) is 6.92 Å². The van der Waals surface area contributed by atoms with E-state index in [-0.39, 0.29) is 5.97 Å². The Balaban J connectivity index is 2.17. The summed E-state index contributed by atoms with van der Waals surface area (Å²) in [6.45, 7) is 3.32. The predicted octanol–water partition coefficient (Wildman–Crippen LogP) is 1.85. The molecule has 100 valence electrons. The predicted molar refractivity (Wildman–Crippen MR) is 70.4 cm³/mol. The summed E-state index contributed by atoms with van der Waals surface area (Å²) in [6, 6.07) is 0.552. The van der Waals surface area contributed by atoms with Crippen molar-refractivity contribution in [1.82, 2.24) is 4.98 Å². The van der Waals surface area contributed by atoms with Gasteiger partial charge >= 0.3 is 5.97 Å². The summed E-state index contributed by atoms with van der Waals surface area (Å²) in [5.41, 5.74) is 0.741. The molecular formula is C12H18N2O3S. The number of aryl methyl sites for hydroxylation is 1. The second-order valence-electron chi connectivity index (χ2n) is 4.32. The quantitative estimate of drug-likeness (QED) is 0.738. The van der Waals surface area contributed by atoms with Crippen LogP contribution in [0.5, 0.6) is 0 Å². The highest BCUT2D eigenvalue weighted by Crippen LogP contribution is 2.35. The van der Waals surface area contributed by atoms with E-state index in [0.29, 0.717) is 17.5 Å². The lowest BCUT2D eigenvalue weighted by Gasteiger charge is -2.20. The average Bonchev–Trinajstić information content (AvgIpc) is 3.12. The lowest BCUT2D eigenvalue weighted by Crippen LogP contribution is -2.29. The summed E-state index contributed by atoms with van der Waals surface area (Å²) < 4.78 is 9.88. The van der Waals surface area contributed by atoms with E-state index >= 15 is 0 Å². The standard InChI is InChI=1S/C12H18N2O3S/c1-8-10(11(15)17-3)18-12(13-8)14(6-7-16-2)9-4-5-9/h9H,4-7H2,1-3H3. The van der Waals surface area contributed by atoms with Gasteiger partial charge in [-0.2, -0.15) is 0 Å². The Hall–Kier alpha value is -1.14. The normalized spacial score (nSPS) is 14.6. The number of anilines is 1. The Morgan fingerprint density at radius 2 is 2.22 bits per heavy atom. The summed E-state index contributed by atoms with van der Waals surface area (Å²) in [5.74, 6) is -0.307. The van der Waals surface area contributed by atoms with Crippen LogP contribution in [-0.2, 0) is 9.47 Å². The van der Waals surface area contributed by atoms with Crippen LogP contribution in [0.15, 0.2) is 0 Å². The van der Waals surface area contributed by atoms with Gasteiger partial charge in [0.15, 0.2) is 5.13 Å². The molecule has 0 aromatic carbocycles. The molecule has 0 bridgehead atoms. The van der Waals surface area contributed by atoms with Gasteiger partial charge in [0.25, 0.3) is 0 Å². The molecule has 0 N–H and O–H groups in total. The third-order valence-corrected chi connectivity index (χ3v) is 4.10. The molecule has 1 fully saturated rings. The Morgan fingerprint density at radius 1 is 1.50 bits per heavy atom. The van der Waals surface area contributed by atoms with Crippen molar-refractivity contribution in [2.75, 3.05) is 32.3 Å². The van der Waals surface area contributed by atoms with E-state index in [2.05, 4.69) is 9.88 Å². The summed E-state index contributed by atoms with van der Waals surface area (Å²) in [6.07, 6.45) is 2.38. The number of aromatic nitrogens is 1. The first-order valence-corrected chi connectivity index (χ1v) is 6.80. The first-order valence-electron chi connectivity index (χ1n) is 5.98. The summed E-state index contributed by atoms with van der Waals surface area (Å²) in [5, 5.41) is 0.896. The van der Waals surface area contributed by atoms with E-state index in [0.717, 1.165) is 17.4 Å². The monoisotopic (exact) mass is 270 g/mol. The first-order chi connectivity index (χ1) is 8.67. The molecule has 1 aromatic rings. The lowest BCUT2D eigenvalue weighted by atomic mass is 10.4. The maximum Gasteiger partial charge on any atom is 0.350 e. The fraction of sp³-hybridized carbons (Fsp3) is 0.667. The number of ether oxygens (including phenoxy) is 2. The lowest BCUT2D eigenvalue weighted by molar-refractivity contribution is 0.0605. The molecule has 1 heterocycles. The second-order valence-corrected chi connectivity index (χ2v) is 5.30. The largest absolute Gasteiger partial charge is 0.465 e. The molecule has 0 aliphatic heterocycles. The molecule has 5 nitrogen and oxygen atoms in total. The topological polar surface area (TPSA) is 51.7 Å². The second kappa shape index (κ2) is 5.67. The number of rotatable bonds is 6. The van der Waals surface area contributed by atoms with Crippen LogP contribution in [0.2, 0.25) is 0 Å². The molecule has 0 atom stereocenters. The molecule has 6 heteroatoms. The molecular weight excluding hydrogens is 252 g/mol. The highest BCUT2D eigenvalue weighted by Gasteiger charge is 2.31. The summed E-state index contributed by atoms with van der Waals surface area (Å²) >= 11 is 1.40. The molecule has 1 aliphatic carbocycles. The maximum atomic E-state index is 11.6. The van der Waals surface area contributed by atoms with Crippen LogP contribution in [-0.4, -0.2) is 44.4 Å². The molecule has 0 saturated heterocycles. The van der Waals surface area contributed by atoms with Gasteiger partial charge in [-0.25, -0.2) is 9.78 Å². The molecule has 0 unspecified atom stereocenters. The molecule has 1 aromatic heterocycles. The van der Waals surface area contributed by atoms with E-state index in [1.54, 1.807) is 7.11 Å². The van der Waals surface area contributed by atoms with Gasteiger partial charge < -0.3 is 14.4 Å². The zero-order valence-electron chi connectivity index (χ0n) is 10.9. The van der Waals surface area contributed by atoms with Crippen molar-refractivity contribution >= 4 is 22.4 Å². The van der Waals surface area contributed by atoms with Gasteiger partial charge in [-0.1, -0.05) is 11.3 Å². The van der Waals surface area contributed by atoms with Crippen molar-refractivity contribution in [2.24, 2.45) is 0 Å². The molecule has 2 rings (SSSR count). The fourth-order valence-electron chi connectivity index (χ4n) is 1.80. The van der Waals surface area contributed by atoms with E-state index in [4.69, 9.17) is 9.47 Å². The number of hydrogen-bond acceptors (Lipinski definition) is 6. The Bertz CT molecular complexity index is 429. The smallest absolute Gasteiger partial charge is 0.350 e. The van der Waals surface area contributed by atoms with Gasteiger partial charge in [-0.3, -0.25) is 0 Å². The SMILES string of the molecule is COCCN(c1nc(C)c(C(=O)OC)s1)C1CC1. The van der Waals surface area contributed by atoms with Crippen molar-refractivity contribution in [2.45, 2.75) is 25.8 Å². The fourth-order valence-corrected chi connectivity index (χ4v) is 2.88. The van der Waals surface area contributed by atoms with Gasteiger partial charge in [0.05, 0.1) is 19.4 Å². The molecule has 0 spiro atoms. The minimum absolute atomic E-state index is 0.307. The Labute approximate surface area is 111 Å². The van der Waals surface area contributed by atoms with Crippen molar-refractivity contribution in [3.8, 4) is 0 Å². The van der Waals surface area contributed by atoms with Crippen molar-refractivity contribution < 1.29 is 14.3 Å². The molecule has 1 saturated carbocycles. The zero-order chi connectivity index (χ0) is 13.1. The molecule has 0 radical (unpaired) electrons. The summed E-state index contributed by atoms with van der Waals surface area (Å²) in [4.78, 5) is 18.9. The van der Waals surface area contributed by atoms with Gasteiger partial charge in [-0.15, -0.1) is 0 Å². The van der Waals surface area contributed by atoms with E-state index in [1.165, 1.54) is 31.3 Å². The Morgan fingerprint density at radius 3 is 2.78 bits per heavy atom. The van der Waals surface area contributed by atoms with Crippen molar-refractivity contribution in [1.29, 1.82) is 0 Å². The number of carbonyl (C=O) groups excluding carboxylic acids is 1. The minimum atomic E-state index is -0.307. The number of esters is 1. The number of methoxy groups -OCH3 is 2. The highest BCUT2D eigenvalue weighted by molar-refractivity contribution is 7.17. The zero-order valence-corrected chi connectivity index (χ0v) is 11.7. The molecule has 18 heavy (non-hydrogen) atoms. The first kappa shape index (κ1) is 13.3. The molecule has 0 amide bonds. The number of carbonyl (C=O) groups is 1. The average molecular weight is 270 g/mol. The van der Waals surface area contributed by atoms with Crippen LogP contribution in [0.3, 0.4) is 0 Å². The summed E-state index contributed by atoms with van der Waals surface area (Å²) in [7, 11) is 3.09. The van der Waals surface area contributed by atoms with Crippen LogP contribution in [0, 0.1) is 6.92 Å².